The van der Waals surface area contributed by atoms with E-state index < -0.39 is 22.9 Å². The van der Waals surface area contributed by atoms with Gasteiger partial charge in [0.25, 0.3) is 5.56 Å². The van der Waals surface area contributed by atoms with Crippen LogP contribution in [0.15, 0.2) is 63.1 Å². The zero-order valence-electron chi connectivity index (χ0n) is 14.2. The summed E-state index contributed by atoms with van der Waals surface area (Å²) >= 11 is 5.86. The molecule has 8 heteroatoms. The zero-order valence-corrected chi connectivity index (χ0v) is 15.0. The van der Waals surface area contributed by atoms with Crippen molar-refractivity contribution in [3.05, 3.63) is 85.8 Å². The maximum atomic E-state index is 13.1. The van der Waals surface area contributed by atoms with Crippen LogP contribution in [0, 0.1) is 5.82 Å². The molecule has 0 atom stereocenters. The summed E-state index contributed by atoms with van der Waals surface area (Å²) in [5.74, 6) is -0.947. The van der Waals surface area contributed by atoms with Crippen LogP contribution in [0.2, 0.25) is 5.02 Å². The van der Waals surface area contributed by atoms with Gasteiger partial charge in [-0.05, 0) is 55.0 Å². The highest BCUT2D eigenvalue weighted by Crippen LogP contribution is 2.22. The van der Waals surface area contributed by atoms with Crippen molar-refractivity contribution < 1.29 is 9.50 Å². The summed E-state index contributed by atoms with van der Waals surface area (Å²) < 4.78 is 14.0. The molecule has 1 heterocycles. The van der Waals surface area contributed by atoms with Gasteiger partial charge in [-0.15, -0.1) is 0 Å². The highest BCUT2D eigenvalue weighted by atomic mass is 35.5. The molecule has 6 nitrogen and oxygen atoms in total. The Morgan fingerprint density at radius 3 is 2.37 bits per heavy atom. The normalized spacial score (nSPS) is 11.6. The first-order chi connectivity index (χ1) is 12.9. The van der Waals surface area contributed by atoms with Gasteiger partial charge in [0.05, 0.1) is 17.1 Å². The zero-order chi connectivity index (χ0) is 19.6. The maximum Gasteiger partial charge on any atom is 0.335 e. The third-order valence-electron chi connectivity index (χ3n) is 3.89. The minimum atomic E-state index is -0.791. The predicted octanol–water partition coefficient (Wildman–Crippen LogP) is 3.55. The van der Waals surface area contributed by atoms with Crippen LogP contribution >= 0.6 is 11.6 Å². The number of hydrogen-bond acceptors (Lipinski definition) is 4. The van der Waals surface area contributed by atoms with Crippen LogP contribution in [0.25, 0.3) is 5.69 Å². The topological polar surface area (TPSA) is 87.4 Å². The molecular formula is C19H15ClFN3O3. The maximum absolute atomic E-state index is 13.1. The first-order valence-corrected chi connectivity index (χ1v) is 8.46. The van der Waals surface area contributed by atoms with Crippen LogP contribution in [0.4, 0.5) is 10.1 Å². The Morgan fingerprint density at radius 2 is 1.78 bits per heavy atom. The summed E-state index contributed by atoms with van der Waals surface area (Å²) in [7, 11) is 0. The van der Waals surface area contributed by atoms with Crippen LogP contribution in [0.5, 0.6) is 5.88 Å². The minimum Gasteiger partial charge on any atom is -0.493 e. The lowest BCUT2D eigenvalue weighted by Crippen LogP contribution is -2.33. The van der Waals surface area contributed by atoms with E-state index in [2.05, 4.69) is 9.98 Å². The molecule has 0 aliphatic carbocycles. The number of halogens is 2. The Kier molecular flexibility index (Phi) is 5.23. The quantitative estimate of drug-likeness (QED) is 0.671. The van der Waals surface area contributed by atoms with Crippen molar-refractivity contribution in [2.75, 3.05) is 0 Å². The first-order valence-electron chi connectivity index (χ1n) is 8.08. The number of aromatic hydroxyl groups is 1. The van der Waals surface area contributed by atoms with E-state index in [1.54, 1.807) is 19.1 Å². The number of H-pyrrole nitrogens is 1. The number of nitrogens with zero attached hydrogens (tertiary/aromatic N) is 2. The SMILES string of the molecule is CCC(=Nc1ccc(F)cc1)c1c(O)n(-c2ccc(Cl)cc2)c(=O)[nH]c1=O. The second-order valence-corrected chi connectivity index (χ2v) is 6.09. The molecule has 0 radical (unpaired) electrons. The van der Waals surface area contributed by atoms with Gasteiger partial charge >= 0.3 is 5.69 Å². The summed E-state index contributed by atoms with van der Waals surface area (Å²) in [6.45, 7) is 1.75. The van der Waals surface area contributed by atoms with Gasteiger partial charge in [-0.2, -0.15) is 0 Å². The van der Waals surface area contributed by atoms with E-state index in [0.717, 1.165) is 4.57 Å². The molecule has 2 N–H and O–H groups in total. The highest BCUT2D eigenvalue weighted by Gasteiger charge is 2.19. The molecule has 3 aromatic rings. The summed E-state index contributed by atoms with van der Waals surface area (Å²) in [5.41, 5.74) is -0.682. The fraction of sp³-hybridized carbons (Fsp3) is 0.105. The van der Waals surface area contributed by atoms with Crippen LogP contribution < -0.4 is 11.2 Å². The second-order valence-electron chi connectivity index (χ2n) is 5.66. The third-order valence-corrected chi connectivity index (χ3v) is 4.14. The smallest absolute Gasteiger partial charge is 0.335 e. The van der Waals surface area contributed by atoms with E-state index in [1.807, 2.05) is 0 Å². The van der Waals surface area contributed by atoms with Gasteiger partial charge in [0, 0.05) is 5.02 Å². The molecule has 1 aromatic heterocycles. The summed E-state index contributed by atoms with van der Waals surface area (Å²) in [5, 5.41) is 11.1. The standard InChI is InChI=1S/C19H15ClFN3O3/c1-2-15(22-13-7-5-12(21)6-8-13)16-17(25)23-19(27)24(18(16)26)14-9-3-11(20)4-10-14/h3-10,26H,2H2,1H3,(H,23,25,27). The number of benzene rings is 2. The average Bonchev–Trinajstić information content (AvgIpc) is 2.63. The van der Waals surface area contributed by atoms with Gasteiger partial charge < -0.3 is 5.11 Å². The van der Waals surface area contributed by atoms with Crippen LogP contribution in [0.1, 0.15) is 18.9 Å². The lowest BCUT2D eigenvalue weighted by molar-refractivity contribution is 0.429. The average molecular weight is 388 g/mol. The van der Waals surface area contributed by atoms with Crippen molar-refractivity contribution in [1.29, 1.82) is 0 Å². The molecule has 0 spiro atoms. The fourth-order valence-electron chi connectivity index (χ4n) is 2.60. The van der Waals surface area contributed by atoms with Gasteiger partial charge in [-0.3, -0.25) is 14.8 Å². The van der Waals surface area contributed by atoms with Crippen LogP contribution in [0.3, 0.4) is 0 Å². The van der Waals surface area contributed by atoms with E-state index in [0.29, 0.717) is 22.8 Å². The van der Waals surface area contributed by atoms with Crippen molar-refractivity contribution in [3.8, 4) is 11.6 Å². The van der Waals surface area contributed by atoms with Crippen molar-refractivity contribution in [2.45, 2.75) is 13.3 Å². The number of rotatable bonds is 4. The van der Waals surface area contributed by atoms with E-state index in [1.165, 1.54) is 36.4 Å². The first kappa shape index (κ1) is 18.6. The van der Waals surface area contributed by atoms with E-state index >= 15 is 0 Å². The van der Waals surface area contributed by atoms with Gasteiger partial charge in [-0.1, -0.05) is 18.5 Å². The van der Waals surface area contributed by atoms with Gasteiger partial charge in [0.1, 0.15) is 11.4 Å². The predicted molar refractivity (Wildman–Crippen MR) is 102 cm³/mol. The lowest BCUT2D eigenvalue weighted by atomic mass is 10.1. The highest BCUT2D eigenvalue weighted by molar-refractivity contribution is 6.30. The van der Waals surface area contributed by atoms with E-state index in [9.17, 15) is 19.1 Å². The Labute approximate surface area is 158 Å². The van der Waals surface area contributed by atoms with E-state index in [4.69, 9.17) is 11.6 Å². The number of aromatic nitrogens is 2. The molecule has 0 fully saturated rings. The molecule has 0 saturated heterocycles. The Balaban J connectivity index is 2.21. The Bertz CT molecular complexity index is 1120. The summed E-state index contributed by atoms with van der Waals surface area (Å²) in [6.07, 6.45) is 0.298. The number of nitrogens with one attached hydrogen (secondary N) is 1. The van der Waals surface area contributed by atoms with Crippen LogP contribution in [-0.2, 0) is 0 Å². The largest absolute Gasteiger partial charge is 0.493 e. The second kappa shape index (κ2) is 7.59. The molecule has 138 valence electrons. The fourth-order valence-corrected chi connectivity index (χ4v) is 2.72. The molecule has 2 aromatic carbocycles. The molecule has 0 amide bonds. The van der Waals surface area contributed by atoms with Crippen molar-refractivity contribution >= 4 is 23.0 Å². The van der Waals surface area contributed by atoms with Gasteiger partial charge in [-0.25, -0.2) is 13.8 Å². The Hall–Kier alpha value is -3.19. The number of aliphatic imine (C=N–C) groups is 1. The van der Waals surface area contributed by atoms with Gasteiger partial charge in [0.2, 0.25) is 5.88 Å². The van der Waals surface area contributed by atoms with E-state index in [-0.39, 0.29) is 11.3 Å². The summed E-state index contributed by atoms with van der Waals surface area (Å²) in [6, 6.07) is 11.6. The molecular weight excluding hydrogens is 373 g/mol. The molecule has 0 bridgehead atoms. The monoisotopic (exact) mass is 387 g/mol. The third kappa shape index (κ3) is 3.83. The molecule has 0 saturated carbocycles. The Morgan fingerprint density at radius 1 is 1.15 bits per heavy atom. The molecule has 27 heavy (non-hydrogen) atoms. The lowest BCUT2D eigenvalue weighted by Gasteiger charge is -2.12. The van der Waals surface area contributed by atoms with Crippen LogP contribution in [-0.4, -0.2) is 20.4 Å². The minimum absolute atomic E-state index is 0.128. The molecule has 3 rings (SSSR count). The number of aromatic amines is 1. The van der Waals surface area contributed by atoms with Crippen molar-refractivity contribution in [2.24, 2.45) is 4.99 Å². The van der Waals surface area contributed by atoms with Crippen molar-refractivity contribution in [3.63, 3.8) is 0 Å². The number of hydrogen-bond donors (Lipinski definition) is 2. The summed E-state index contributed by atoms with van der Waals surface area (Å²) in [4.78, 5) is 31.1. The molecule has 0 aliphatic rings. The molecule has 0 unspecified atom stereocenters. The van der Waals surface area contributed by atoms with Crippen molar-refractivity contribution in [1.82, 2.24) is 9.55 Å². The molecule has 0 aliphatic heterocycles. The van der Waals surface area contributed by atoms with Gasteiger partial charge in [0.15, 0.2) is 0 Å².